The third-order valence-corrected chi connectivity index (χ3v) is 7.13. The van der Waals surface area contributed by atoms with E-state index in [4.69, 9.17) is 9.47 Å². The highest BCUT2D eigenvalue weighted by Gasteiger charge is 2.42. The van der Waals surface area contributed by atoms with E-state index in [0.29, 0.717) is 24.7 Å². The van der Waals surface area contributed by atoms with E-state index in [0.717, 1.165) is 42.3 Å². The fourth-order valence-corrected chi connectivity index (χ4v) is 5.13. The van der Waals surface area contributed by atoms with E-state index >= 15 is 0 Å². The summed E-state index contributed by atoms with van der Waals surface area (Å²) in [7, 11) is 1.43. The number of para-hydroxylation sites is 1. The molecule has 1 N–H and O–H groups in total. The number of aromatic nitrogens is 1. The van der Waals surface area contributed by atoms with Gasteiger partial charge in [-0.15, -0.1) is 0 Å². The Bertz CT molecular complexity index is 952. The molecule has 1 atom stereocenters. The Morgan fingerprint density at radius 3 is 2.47 bits per heavy atom. The second-order valence-corrected chi connectivity index (χ2v) is 9.22. The maximum absolute atomic E-state index is 12.5. The summed E-state index contributed by atoms with van der Waals surface area (Å²) in [5.74, 6) is 0.343. The molecule has 0 radical (unpaired) electrons. The smallest absolute Gasteiger partial charge is 0.340 e. The first kappa shape index (κ1) is 20.9. The number of carbonyl (C=O) groups excluding carboxylic acids is 2. The maximum atomic E-state index is 12.5. The molecule has 4 rings (SSSR count). The zero-order valence-corrected chi connectivity index (χ0v) is 18.4. The van der Waals surface area contributed by atoms with Crippen LogP contribution in [0.1, 0.15) is 61.6 Å². The van der Waals surface area contributed by atoms with E-state index < -0.39 is 0 Å². The minimum absolute atomic E-state index is 0.125. The lowest BCUT2D eigenvalue weighted by Crippen LogP contribution is -2.54. The van der Waals surface area contributed by atoms with Crippen molar-refractivity contribution in [3.05, 3.63) is 35.5 Å². The number of hydrogen-bond donors (Lipinski definition) is 1. The van der Waals surface area contributed by atoms with Crippen LogP contribution >= 0.6 is 0 Å². The molecule has 2 fully saturated rings. The van der Waals surface area contributed by atoms with Gasteiger partial charge in [0.25, 0.3) is 0 Å². The van der Waals surface area contributed by atoms with Gasteiger partial charge < -0.3 is 19.4 Å². The van der Waals surface area contributed by atoms with E-state index in [9.17, 15) is 9.59 Å². The summed E-state index contributed by atoms with van der Waals surface area (Å²) in [5, 5.41) is 4.19. The third kappa shape index (κ3) is 3.51. The standard InChI is InChI=1S/C24H32N2O4/c1-15(17-9-11-18(12-10-17)25-23(28)24(3)13-30-14-24)26-16(2)21(22(27)29-4)19-7-5-6-8-20(19)26/h5-8,15,17-18H,9-14H2,1-4H3,(H,25,28). The fourth-order valence-electron chi connectivity index (χ4n) is 5.13. The molecular formula is C24H32N2O4. The molecule has 1 saturated carbocycles. The minimum atomic E-state index is -0.352. The van der Waals surface area contributed by atoms with Gasteiger partial charge in [0.05, 0.1) is 31.3 Å². The van der Waals surface area contributed by atoms with Crippen molar-refractivity contribution in [3.63, 3.8) is 0 Å². The van der Waals surface area contributed by atoms with Gasteiger partial charge in [-0.2, -0.15) is 0 Å². The molecule has 1 unspecified atom stereocenters. The molecule has 0 spiro atoms. The van der Waals surface area contributed by atoms with Crippen molar-refractivity contribution >= 4 is 22.8 Å². The van der Waals surface area contributed by atoms with Crippen molar-refractivity contribution in [2.75, 3.05) is 20.3 Å². The second kappa shape index (κ2) is 8.06. The van der Waals surface area contributed by atoms with E-state index in [1.807, 2.05) is 32.0 Å². The van der Waals surface area contributed by atoms with E-state index in [1.54, 1.807) is 0 Å². The van der Waals surface area contributed by atoms with E-state index in [2.05, 4.69) is 22.9 Å². The molecule has 1 amide bonds. The van der Waals surface area contributed by atoms with E-state index in [-0.39, 0.29) is 29.4 Å². The summed E-state index contributed by atoms with van der Waals surface area (Å²) < 4.78 is 12.6. The fraction of sp³-hybridized carbons (Fsp3) is 0.583. The topological polar surface area (TPSA) is 69.6 Å². The molecule has 162 valence electrons. The molecule has 1 aliphatic carbocycles. The van der Waals surface area contributed by atoms with Crippen LogP contribution in [0, 0.1) is 18.3 Å². The number of nitrogens with one attached hydrogen (secondary N) is 1. The second-order valence-electron chi connectivity index (χ2n) is 9.22. The molecule has 6 heteroatoms. The summed E-state index contributed by atoms with van der Waals surface area (Å²) in [6, 6.07) is 8.57. The number of amides is 1. The van der Waals surface area contributed by atoms with Crippen molar-refractivity contribution in [3.8, 4) is 0 Å². The molecule has 1 aromatic heterocycles. The van der Waals surface area contributed by atoms with Gasteiger partial charge in [0, 0.05) is 28.7 Å². The lowest BCUT2D eigenvalue weighted by molar-refractivity contribution is -0.158. The van der Waals surface area contributed by atoms with Crippen LogP contribution < -0.4 is 5.32 Å². The van der Waals surface area contributed by atoms with Crippen LogP contribution in [0.25, 0.3) is 10.9 Å². The average molecular weight is 413 g/mol. The molecule has 2 heterocycles. The van der Waals surface area contributed by atoms with Crippen LogP contribution in [0.15, 0.2) is 24.3 Å². The summed E-state index contributed by atoms with van der Waals surface area (Å²) >= 11 is 0. The van der Waals surface area contributed by atoms with Gasteiger partial charge in [-0.1, -0.05) is 18.2 Å². The monoisotopic (exact) mass is 412 g/mol. The average Bonchev–Trinajstić information content (AvgIpc) is 3.03. The summed E-state index contributed by atoms with van der Waals surface area (Å²) in [6.45, 7) is 7.27. The maximum Gasteiger partial charge on any atom is 0.340 e. The number of benzene rings is 1. The molecule has 0 bridgehead atoms. The van der Waals surface area contributed by atoms with Crippen LogP contribution in [0.5, 0.6) is 0 Å². The summed E-state index contributed by atoms with van der Waals surface area (Å²) in [6.07, 6.45) is 4.08. The first-order valence-electron chi connectivity index (χ1n) is 10.9. The number of rotatable bonds is 5. The van der Waals surface area contributed by atoms with Crippen molar-refractivity contribution in [1.82, 2.24) is 9.88 Å². The van der Waals surface area contributed by atoms with Crippen LogP contribution in [0.4, 0.5) is 0 Å². The zero-order valence-electron chi connectivity index (χ0n) is 18.4. The number of methoxy groups -OCH3 is 1. The van der Waals surface area contributed by atoms with Crippen molar-refractivity contribution in [1.29, 1.82) is 0 Å². The van der Waals surface area contributed by atoms with Gasteiger partial charge >= 0.3 is 5.97 Å². The lowest BCUT2D eigenvalue weighted by atomic mass is 9.80. The highest BCUT2D eigenvalue weighted by Crippen LogP contribution is 2.38. The predicted molar refractivity (Wildman–Crippen MR) is 116 cm³/mol. The Kier molecular flexibility index (Phi) is 5.62. The number of hydrogen-bond acceptors (Lipinski definition) is 4. The van der Waals surface area contributed by atoms with Gasteiger partial charge in [0.1, 0.15) is 0 Å². The molecule has 6 nitrogen and oxygen atoms in total. The van der Waals surface area contributed by atoms with Gasteiger partial charge in [-0.3, -0.25) is 4.79 Å². The minimum Gasteiger partial charge on any atom is -0.465 e. The summed E-state index contributed by atoms with van der Waals surface area (Å²) in [5.41, 5.74) is 2.35. The Balaban J connectivity index is 1.49. The van der Waals surface area contributed by atoms with Crippen LogP contribution in [-0.2, 0) is 14.3 Å². The Labute approximate surface area is 177 Å². The highest BCUT2D eigenvalue weighted by atomic mass is 16.5. The molecular weight excluding hydrogens is 380 g/mol. The third-order valence-electron chi connectivity index (χ3n) is 7.13. The van der Waals surface area contributed by atoms with Crippen LogP contribution in [0.3, 0.4) is 0 Å². The molecule has 2 aliphatic rings. The molecule has 1 saturated heterocycles. The highest BCUT2D eigenvalue weighted by molar-refractivity contribution is 6.05. The number of nitrogens with zero attached hydrogens (tertiary/aromatic N) is 1. The summed E-state index contributed by atoms with van der Waals surface area (Å²) in [4.78, 5) is 24.9. The first-order chi connectivity index (χ1) is 14.4. The largest absolute Gasteiger partial charge is 0.465 e. The van der Waals surface area contributed by atoms with Crippen LogP contribution in [-0.4, -0.2) is 42.8 Å². The van der Waals surface area contributed by atoms with Crippen molar-refractivity contribution < 1.29 is 19.1 Å². The molecule has 2 aromatic rings. The number of fused-ring (bicyclic) bond motifs is 1. The first-order valence-corrected chi connectivity index (χ1v) is 10.9. The number of ether oxygens (including phenoxy) is 2. The van der Waals surface area contributed by atoms with Gasteiger partial charge in [-0.25, -0.2) is 4.79 Å². The quantitative estimate of drug-likeness (QED) is 0.754. The molecule has 1 aromatic carbocycles. The molecule has 1 aliphatic heterocycles. The van der Waals surface area contributed by atoms with Gasteiger partial charge in [0.2, 0.25) is 5.91 Å². The Morgan fingerprint density at radius 2 is 1.87 bits per heavy atom. The SMILES string of the molecule is COC(=O)c1c(C)n(C(C)C2CCC(NC(=O)C3(C)COC3)CC2)c2ccccc12. The normalized spacial score (nSPS) is 24.1. The van der Waals surface area contributed by atoms with Crippen molar-refractivity contribution in [2.24, 2.45) is 11.3 Å². The molecule has 30 heavy (non-hydrogen) atoms. The van der Waals surface area contributed by atoms with Crippen molar-refractivity contribution in [2.45, 2.75) is 58.5 Å². The zero-order chi connectivity index (χ0) is 21.5. The van der Waals surface area contributed by atoms with Gasteiger partial charge in [-0.05, 0) is 58.4 Å². The predicted octanol–water partition coefficient (Wildman–Crippen LogP) is 4.01. The Hall–Kier alpha value is -2.34. The number of carbonyl (C=O) groups is 2. The van der Waals surface area contributed by atoms with E-state index in [1.165, 1.54) is 7.11 Å². The number of esters is 1. The lowest BCUT2D eigenvalue weighted by Gasteiger charge is -2.39. The Morgan fingerprint density at radius 1 is 1.20 bits per heavy atom. The van der Waals surface area contributed by atoms with Gasteiger partial charge in [0.15, 0.2) is 0 Å². The van der Waals surface area contributed by atoms with Crippen LogP contribution in [0.2, 0.25) is 0 Å².